The summed E-state index contributed by atoms with van der Waals surface area (Å²) in [5, 5.41) is 4.16. The highest BCUT2D eigenvalue weighted by Gasteiger charge is 2.26. The molecule has 0 bridgehead atoms. The van der Waals surface area contributed by atoms with E-state index >= 15 is 0 Å². The van der Waals surface area contributed by atoms with Crippen LogP contribution in [-0.2, 0) is 22.6 Å². The number of carbonyl (C=O) groups is 3. The van der Waals surface area contributed by atoms with E-state index in [0.29, 0.717) is 46.5 Å². The van der Waals surface area contributed by atoms with Crippen molar-refractivity contribution in [1.29, 1.82) is 0 Å². The fraction of sp³-hybridized carbons (Fsp3) is 0.250. The van der Waals surface area contributed by atoms with Gasteiger partial charge in [-0.3, -0.25) is 4.90 Å². The third-order valence-corrected chi connectivity index (χ3v) is 8.18. The normalized spacial score (nSPS) is 12.8. The lowest BCUT2D eigenvalue weighted by atomic mass is 10.1. The van der Waals surface area contributed by atoms with Crippen LogP contribution in [0, 0.1) is 11.6 Å². The van der Waals surface area contributed by atoms with Gasteiger partial charge in [0.05, 0.1) is 31.9 Å². The molecule has 2 amide bonds. The predicted octanol–water partition coefficient (Wildman–Crippen LogP) is 7.52. The average molecular weight is 714 g/mol. The van der Waals surface area contributed by atoms with Gasteiger partial charge in [0.15, 0.2) is 0 Å². The number of hydrogen-bond donors (Lipinski definition) is 1. The van der Waals surface area contributed by atoms with Gasteiger partial charge in [-0.1, -0.05) is 47.5 Å². The number of esters is 2. The molecule has 0 unspecified atom stereocenters. The van der Waals surface area contributed by atoms with Crippen molar-refractivity contribution in [1.82, 2.24) is 9.80 Å². The van der Waals surface area contributed by atoms with Crippen molar-refractivity contribution in [2.24, 2.45) is 0 Å². The van der Waals surface area contributed by atoms with E-state index in [1.54, 1.807) is 53.4 Å². The minimum Gasteiger partial charge on any atom is -0.465 e. The van der Waals surface area contributed by atoms with Crippen LogP contribution in [0.1, 0.15) is 31.8 Å². The van der Waals surface area contributed by atoms with E-state index in [0.717, 1.165) is 24.8 Å². The first-order valence-corrected chi connectivity index (χ1v) is 16.0. The summed E-state index contributed by atoms with van der Waals surface area (Å²) < 4.78 is 37.7. The highest BCUT2D eigenvalue weighted by atomic mass is 35.5. The number of anilines is 2. The van der Waals surface area contributed by atoms with Gasteiger partial charge in [-0.15, -0.1) is 0 Å². The number of benzene rings is 4. The van der Waals surface area contributed by atoms with Crippen LogP contribution in [0.25, 0.3) is 0 Å². The molecule has 0 saturated carbocycles. The Kier molecular flexibility index (Phi) is 13.3. The van der Waals surface area contributed by atoms with Crippen molar-refractivity contribution in [3.8, 4) is 0 Å². The molecule has 0 radical (unpaired) electrons. The maximum atomic E-state index is 14.7. The number of rotatable bonds is 8. The second-order valence-electron chi connectivity index (χ2n) is 11.1. The molecule has 0 spiro atoms. The van der Waals surface area contributed by atoms with Crippen molar-refractivity contribution in [3.63, 3.8) is 0 Å². The van der Waals surface area contributed by atoms with Gasteiger partial charge < -0.3 is 24.6 Å². The fourth-order valence-corrected chi connectivity index (χ4v) is 5.28. The van der Waals surface area contributed by atoms with Crippen LogP contribution in [0.15, 0.2) is 84.9 Å². The Hall–Kier alpha value is -4.71. The highest BCUT2D eigenvalue weighted by Crippen LogP contribution is 2.25. The van der Waals surface area contributed by atoms with Crippen LogP contribution < -0.4 is 10.2 Å². The quantitative estimate of drug-likeness (QED) is 0.189. The summed E-state index contributed by atoms with van der Waals surface area (Å²) >= 11 is 12.0. The number of likely N-dealkylation sites (N-methyl/N-ethyl adjacent to an activating group) is 1. The third kappa shape index (κ3) is 10.4. The number of nitrogens with one attached hydrogen (secondary N) is 1. The first kappa shape index (κ1) is 37.1. The molecule has 1 aliphatic rings. The first-order chi connectivity index (χ1) is 23.5. The molecule has 1 heterocycles. The van der Waals surface area contributed by atoms with Crippen LogP contribution in [-0.4, -0.2) is 75.2 Å². The van der Waals surface area contributed by atoms with Gasteiger partial charge in [0.25, 0.3) is 0 Å². The number of halogens is 4. The van der Waals surface area contributed by atoms with Crippen molar-refractivity contribution < 1.29 is 32.6 Å². The number of ether oxygens (including phenoxy) is 2. The topological polar surface area (TPSA) is 91.4 Å². The molecular weight excluding hydrogens is 677 g/mol. The predicted molar refractivity (Wildman–Crippen MR) is 186 cm³/mol. The maximum Gasteiger partial charge on any atom is 0.337 e. The van der Waals surface area contributed by atoms with Gasteiger partial charge in [0.2, 0.25) is 0 Å². The number of methoxy groups -OCH3 is 2. The zero-order valence-corrected chi connectivity index (χ0v) is 28.7. The van der Waals surface area contributed by atoms with Gasteiger partial charge in [0.1, 0.15) is 11.6 Å². The summed E-state index contributed by atoms with van der Waals surface area (Å²) in [5.74, 6) is -2.21. The summed E-state index contributed by atoms with van der Waals surface area (Å²) in [6.07, 6.45) is 0. The zero-order valence-electron chi connectivity index (χ0n) is 27.2. The molecule has 0 atom stereocenters. The van der Waals surface area contributed by atoms with Crippen LogP contribution in [0.4, 0.5) is 25.0 Å². The zero-order chi connectivity index (χ0) is 35.5. The summed E-state index contributed by atoms with van der Waals surface area (Å²) in [6, 6.07) is 22.2. The van der Waals surface area contributed by atoms with E-state index in [1.165, 1.54) is 43.4 Å². The molecule has 1 fully saturated rings. The summed E-state index contributed by atoms with van der Waals surface area (Å²) in [5.41, 5.74) is 2.44. The van der Waals surface area contributed by atoms with Gasteiger partial charge in [-0.2, -0.15) is 0 Å². The standard InChI is InChI=1S/C21H23ClFN3O3.C15H13ClFNO2/c1-24-8-10-25(11-9-24)21(28)26(18-5-3-4-17(22)13-18)14-16-7-6-15(12-19(16)23)20(27)29-2;1-20-15(19)10-5-6-11(14(17)7-10)9-18-13-4-2-3-12(16)8-13/h3-7,12-13H,8-11,14H2,1-2H3;2-8,18H,9H2,1H3. The van der Waals surface area contributed by atoms with Gasteiger partial charge >= 0.3 is 18.0 Å². The van der Waals surface area contributed by atoms with Gasteiger partial charge in [-0.05, 0) is 67.7 Å². The Morgan fingerprint density at radius 2 is 1.31 bits per heavy atom. The molecule has 49 heavy (non-hydrogen) atoms. The van der Waals surface area contributed by atoms with Crippen LogP contribution in [0.2, 0.25) is 10.0 Å². The Labute approximate surface area is 293 Å². The number of carbonyl (C=O) groups excluding carboxylic acids is 3. The first-order valence-electron chi connectivity index (χ1n) is 15.2. The molecule has 4 aromatic rings. The van der Waals surface area contributed by atoms with Crippen molar-refractivity contribution in [2.45, 2.75) is 13.1 Å². The van der Waals surface area contributed by atoms with Crippen molar-refractivity contribution in [2.75, 3.05) is 57.7 Å². The Bertz CT molecular complexity index is 1790. The lowest BCUT2D eigenvalue weighted by Crippen LogP contribution is -2.52. The minimum absolute atomic E-state index is 0.0127. The Morgan fingerprint density at radius 1 is 0.755 bits per heavy atom. The summed E-state index contributed by atoms with van der Waals surface area (Å²) in [4.78, 5) is 41.6. The van der Waals surface area contributed by atoms with Gasteiger partial charge in [-0.25, -0.2) is 23.2 Å². The van der Waals surface area contributed by atoms with E-state index in [4.69, 9.17) is 23.2 Å². The number of hydrogen-bond acceptors (Lipinski definition) is 7. The molecule has 5 rings (SSSR count). The smallest absolute Gasteiger partial charge is 0.337 e. The maximum absolute atomic E-state index is 14.7. The Morgan fingerprint density at radius 3 is 1.84 bits per heavy atom. The SMILES string of the molecule is COC(=O)c1ccc(CN(C(=O)N2CCN(C)CC2)c2cccc(Cl)c2)c(F)c1.COC(=O)c1ccc(CNc2cccc(Cl)c2)c(F)c1. The Balaban J connectivity index is 0.000000237. The van der Waals surface area contributed by atoms with Crippen molar-refractivity contribution in [3.05, 3.63) is 129 Å². The lowest BCUT2D eigenvalue weighted by Gasteiger charge is -2.36. The molecular formula is C36H36Cl2F2N4O5. The van der Waals surface area contributed by atoms with Crippen LogP contribution in [0.3, 0.4) is 0 Å². The van der Waals surface area contributed by atoms with Crippen molar-refractivity contribution >= 4 is 52.5 Å². The molecule has 1 aliphatic heterocycles. The number of amides is 2. The highest BCUT2D eigenvalue weighted by molar-refractivity contribution is 6.31. The molecule has 0 aromatic heterocycles. The van der Waals surface area contributed by atoms with E-state index in [1.807, 2.05) is 13.1 Å². The molecule has 258 valence electrons. The monoisotopic (exact) mass is 712 g/mol. The van der Waals surface area contributed by atoms with Crippen LogP contribution >= 0.6 is 23.2 Å². The number of nitrogens with zero attached hydrogens (tertiary/aromatic N) is 3. The molecule has 9 nitrogen and oxygen atoms in total. The fourth-order valence-electron chi connectivity index (χ4n) is 4.90. The van der Waals surface area contributed by atoms with E-state index < -0.39 is 23.6 Å². The van der Waals surface area contributed by atoms with E-state index in [-0.39, 0.29) is 23.7 Å². The summed E-state index contributed by atoms with van der Waals surface area (Å²) in [7, 11) is 4.51. The number of urea groups is 1. The lowest BCUT2D eigenvalue weighted by molar-refractivity contribution is 0.0591. The second kappa shape index (κ2) is 17.6. The molecule has 1 saturated heterocycles. The van der Waals surface area contributed by atoms with Gasteiger partial charge in [0, 0.05) is 65.3 Å². The van der Waals surface area contributed by atoms with Crippen LogP contribution in [0.5, 0.6) is 0 Å². The average Bonchev–Trinajstić information content (AvgIpc) is 3.10. The largest absolute Gasteiger partial charge is 0.465 e. The molecule has 4 aromatic carbocycles. The summed E-state index contributed by atoms with van der Waals surface area (Å²) in [6.45, 7) is 3.05. The second-order valence-corrected chi connectivity index (χ2v) is 12.0. The van der Waals surface area contributed by atoms with E-state index in [2.05, 4.69) is 19.7 Å². The molecule has 0 aliphatic carbocycles. The third-order valence-electron chi connectivity index (χ3n) is 7.71. The molecule has 13 heteroatoms. The molecule has 1 N–H and O–H groups in total. The van der Waals surface area contributed by atoms with E-state index in [9.17, 15) is 23.2 Å². The minimum atomic E-state index is -0.615. The number of piperazine rings is 1.